The Kier molecular flexibility index (Phi) is 5.25. The van der Waals surface area contributed by atoms with Crippen LogP contribution in [-0.2, 0) is 11.3 Å². The lowest BCUT2D eigenvalue weighted by molar-refractivity contribution is 0.183. The van der Waals surface area contributed by atoms with Crippen molar-refractivity contribution in [3.63, 3.8) is 0 Å². The van der Waals surface area contributed by atoms with Gasteiger partial charge >= 0.3 is 0 Å². The molecule has 1 aromatic carbocycles. The van der Waals surface area contributed by atoms with E-state index in [1.807, 2.05) is 12.1 Å². The molecule has 0 heterocycles. The van der Waals surface area contributed by atoms with Gasteiger partial charge in [0.1, 0.15) is 0 Å². The first-order valence-electron chi connectivity index (χ1n) is 5.61. The Labute approximate surface area is 103 Å². The van der Waals surface area contributed by atoms with Crippen molar-refractivity contribution in [2.75, 3.05) is 27.9 Å². The number of hydrogen-bond acceptors (Lipinski definition) is 4. The maximum absolute atomic E-state index is 5.72. The van der Waals surface area contributed by atoms with Gasteiger partial charge in [0, 0.05) is 7.11 Å². The molecule has 0 saturated heterocycles. The number of benzene rings is 1. The molecule has 0 aliphatic rings. The normalized spacial score (nSPS) is 12.3. The van der Waals surface area contributed by atoms with Gasteiger partial charge in [-0.1, -0.05) is 6.92 Å². The van der Waals surface area contributed by atoms with Crippen LogP contribution in [0.3, 0.4) is 0 Å². The van der Waals surface area contributed by atoms with Gasteiger partial charge in [-0.2, -0.15) is 0 Å². The molecule has 96 valence electrons. The average molecular weight is 239 g/mol. The highest BCUT2D eigenvalue weighted by atomic mass is 16.5. The summed E-state index contributed by atoms with van der Waals surface area (Å²) in [6.07, 6.45) is 0. The van der Waals surface area contributed by atoms with Crippen LogP contribution in [0.1, 0.15) is 24.0 Å². The lowest BCUT2D eigenvalue weighted by Gasteiger charge is -2.18. The average Bonchev–Trinajstić information content (AvgIpc) is 2.37. The Bertz CT molecular complexity index is 366. The van der Waals surface area contributed by atoms with Crippen molar-refractivity contribution >= 4 is 0 Å². The van der Waals surface area contributed by atoms with Gasteiger partial charge < -0.3 is 19.9 Å². The summed E-state index contributed by atoms with van der Waals surface area (Å²) in [6.45, 7) is 3.21. The highest BCUT2D eigenvalue weighted by Crippen LogP contribution is 2.33. The zero-order valence-electron chi connectivity index (χ0n) is 10.9. The zero-order chi connectivity index (χ0) is 12.8. The second kappa shape index (κ2) is 6.47. The molecule has 2 N–H and O–H groups in total. The van der Waals surface area contributed by atoms with E-state index in [1.165, 1.54) is 0 Å². The smallest absolute Gasteiger partial charge is 0.161 e. The molecule has 0 aromatic heterocycles. The highest BCUT2D eigenvalue weighted by Gasteiger charge is 2.14. The fourth-order valence-corrected chi connectivity index (χ4v) is 1.80. The van der Waals surface area contributed by atoms with E-state index < -0.39 is 0 Å². The SMILES string of the molecule is COCc1cc(OC)c(OC)cc1C(C)CN. The summed E-state index contributed by atoms with van der Waals surface area (Å²) in [5, 5.41) is 0. The maximum atomic E-state index is 5.72. The van der Waals surface area contributed by atoms with Gasteiger partial charge in [-0.25, -0.2) is 0 Å². The van der Waals surface area contributed by atoms with Crippen LogP contribution in [-0.4, -0.2) is 27.9 Å². The first kappa shape index (κ1) is 13.8. The number of methoxy groups -OCH3 is 3. The van der Waals surface area contributed by atoms with E-state index in [2.05, 4.69) is 6.92 Å². The van der Waals surface area contributed by atoms with Crippen molar-refractivity contribution in [1.82, 2.24) is 0 Å². The summed E-state index contributed by atoms with van der Waals surface area (Å²) in [6, 6.07) is 3.93. The molecule has 0 aliphatic heterocycles. The molecular weight excluding hydrogens is 218 g/mol. The molecule has 0 bridgehead atoms. The summed E-state index contributed by atoms with van der Waals surface area (Å²) < 4.78 is 15.8. The molecule has 1 aromatic rings. The molecule has 0 radical (unpaired) electrons. The van der Waals surface area contributed by atoms with E-state index in [1.54, 1.807) is 21.3 Å². The Morgan fingerprint density at radius 2 is 1.71 bits per heavy atom. The molecule has 4 nitrogen and oxygen atoms in total. The van der Waals surface area contributed by atoms with Gasteiger partial charge in [0.25, 0.3) is 0 Å². The van der Waals surface area contributed by atoms with Crippen LogP contribution < -0.4 is 15.2 Å². The third-order valence-corrected chi connectivity index (χ3v) is 2.83. The topological polar surface area (TPSA) is 53.7 Å². The minimum atomic E-state index is 0.264. The third-order valence-electron chi connectivity index (χ3n) is 2.83. The number of ether oxygens (including phenoxy) is 3. The van der Waals surface area contributed by atoms with Gasteiger partial charge in [-0.15, -0.1) is 0 Å². The standard InChI is InChI=1S/C13H21NO3/c1-9(7-14)11-6-13(17-4)12(16-3)5-10(11)8-15-2/h5-6,9H,7-8,14H2,1-4H3. The predicted molar refractivity (Wildman–Crippen MR) is 67.7 cm³/mol. The van der Waals surface area contributed by atoms with Crippen LogP contribution in [0, 0.1) is 0 Å². The van der Waals surface area contributed by atoms with Crippen LogP contribution >= 0.6 is 0 Å². The highest BCUT2D eigenvalue weighted by molar-refractivity contribution is 5.48. The lowest BCUT2D eigenvalue weighted by atomic mass is 9.95. The quantitative estimate of drug-likeness (QED) is 0.824. The summed E-state index contributed by atoms with van der Waals surface area (Å²) >= 11 is 0. The molecule has 0 amide bonds. The molecule has 17 heavy (non-hydrogen) atoms. The van der Waals surface area contributed by atoms with Crippen LogP contribution in [0.2, 0.25) is 0 Å². The van der Waals surface area contributed by atoms with Gasteiger partial charge in [0.05, 0.1) is 20.8 Å². The summed E-state index contributed by atoms with van der Waals surface area (Å²) in [5.41, 5.74) is 7.95. The Morgan fingerprint density at radius 1 is 1.12 bits per heavy atom. The Balaban J connectivity index is 3.24. The van der Waals surface area contributed by atoms with Crippen LogP contribution in [0.25, 0.3) is 0 Å². The Hall–Kier alpha value is -1.26. The number of hydrogen-bond donors (Lipinski definition) is 1. The minimum Gasteiger partial charge on any atom is -0.493 e. The van der Waals surface area contributed by atoms with Crippen molar-refractivity contribution in [3.05, 3.63) is 23.3 Å². The molecule has 1 atom stereocenters. The van der Waals surface area contributed by atoms with Gasteiger partial charge in [0.2, 0.25) is 0 Å². The molecule has 0 aliphatic carbocycles. The molecular formula is C13H21NO3. The largest absolute Gasteiger partial charge is 0.493 e. The van der Waals surface area contributed by atoms with E-state index in [4.69, 9.17) is 19.9 Å². The fraction of sp³-hybridized carbons (Fsp3) is 0.538. The first-order chi connectivity index (χ1) is 8.17. The summed E-state index contributed by atoms with van der Waals surface area (Å²) in [4.78, 5) is 0. The van der Waals surface area contributed by atoms with Crippen molar-refractivity contribution < 1.29 is 14.2 Å². The molecule has 1 rings (SSSR count). The monoisotopic (exact) mass is 239 g/mol. The van der Waals surface area contributed by atoms with Crippen molar-refractivity contribution in [3.8, 4) is 11.5 Å². The lowest BCUT2D eigenvalue weighted by Crippen LogP contribution is -2.12. The number of rotatable bonds is 6. The van der Waals surface area contributed by atoms with Gasteiger partial charge in [0.15, 0.2) is 11.5 Å². The molecule has 1 unspecified atom stereocenters. The summed E-state index contributed by atoms with van der Waals surface area (Å²) in [7, 11) is 4.93. The molecule has 0 saturated carbocycles. The summed E-state index contributed by atoms with van der Waals surface area (Å²) in [5.74, 6) is 1.70. The molecule has 4 heteroatoms. The van der Waals surface area contributed by atoms with E-state index in [9.17, 15) is 0 Å². The van der Waals surface area contributed by atoms with Crippen molar-refractivity contribution in [2.24, 2.45) is 5.73 Å². The van der Waals surface area contributed by atoms with E-state index >= 15 is 0 Å². The zero-order valence-corrected chi connectivity index (χ0v) is 10.9. The van der Waals surface area contributed by atoms with E-state index in [0.29, 0.717) is 18.9 Å². The van der Waals surface area contributed by atoms with E-state index in [0.717, 1.165) is 16.9 Å². The third kappa shape index (κ3) is 3.11. The van der Waals surface area contributed by atoms with Crippen LogP contribution in [0.4, 0.5) is 0 Å². The van der Waals surface area contributed by atoms with Gasteiger partial charge in [-0.3, -0.25) is 0 Å². The van der Waals surface area contributed by atoms with Crippen LogP contribution in [0.15, 0.2) is 12.1 Å². The van der Waals surface area contributed by atoms with E-state index in [-0.39, 0.29) is 5.92 Å². The molecule has 0 fully saturated rings. The van der Waals surface area contributed by atoms with Crippen molar-refractivity contribution in [1.29, 1.82) is 0 Å². The van der Waals surface area contributed by atoms with Gasteiger partial charge in [-0.05, 0) is 35.7 Å². The minimum absolute atomic E-state index is 0.264. The second-order valence-corrected chi connectivity index (χ2v) is 3.98. The predicted octanol–water partition coefficient (Wildman–Crippen LogP) is 1.91. The Morgan fingerprint density at radius 3 is 2.18 bits per heavy atom. The number of nitrogens with two attached hydrogens (primary N) is 1. The van der Waals surface area contributed by atoms with Crippen LogP contribution in [0.5, 0.6) is 11.5 Å². The second-order valence-electron chi connectivity index (χ2n) is 3.98. The fourth-order valence-electron chi connectivity index (χ4n) is 1.80. The molecule has 0 spiro atoms. The van der Waals surface area contributed by atoms with Crippen molar-refractivity contribution in [2.45, 2.75) is 19.4 Å². The maximum Gasteiger partial charge on any atom is 0.161 e. The first-order valence-corrected chi connectivity index (χ1v) is 5.61.